The standard InChI is InChI=1S/C14H11FN2S2/c1-8-6-13(10(16)7-9(8)15)19-14-17-11-4-2-3-5-12(11)18-14/h2-7H,16H2,1H3. The summed E-state index contributed by atoms with van der Waals surface area (Å²) in [5.74, 6) is -0.272. The summed E-state index contributed by atoms with van der Waals surface area (Å²) in [6.45, 7) is 1.73. The molecule has 0 amide bonds. The molecule has 5 heteroatoms. The molecule has 19 heavy (non-hydrogen) atoms. The van der Waals surface area contributed by atoms with Crippen molar-refractivity contribution in [2.75, 3.05) is 5.73 Å². The van der Waals surface area contributed by atoms with E-state index in [1.54, 1.807) is 24.3 Å². The topological polar surface area (TPSA) is 38.9 Å². The lowest BCUT2D eigenvalue weighted by Gasteiger charge is -2.05. The van der Waals surface area contributed by atoms with Gasteiger partial charge in [0, 0.05) is 10.6 Å². The summed E-state index contributed by atoms with van der Waals surface area (Å²) in [4.78, 5) is 5.38. The van der Waals surface area contributed by atoms with Crippen molar-refractivity contribution in [2.45, 2.75) is 16.2 Å². The van der Waals surface area contributed by atoms with E-state index in [-0.39, 0.29) is 5.82 Å². The van der Waals surface area contributed by atoms with Gasteiger partial charge in [-0.25, -0.2) is 9.37 Å². The highest BCUT2D eigenvalue weighted by atomic mass is 32.2. The van der Waals surface area contributed by atoms with E-state index in [9.17, 15) is 4.39 Å². The number of para-hydroxylation sites is 1. The summed E-state index contributed by atoms with van der Waals surface area (Å²) in [6.07, 6.45) is 0. The number of benzene rings is 2. The molecule has 0 saturated carbocycles. The third-order valence-corrected chi connectivity index (χ3v) is 4.93. The van der Waals surface area contributed by atoms with Gasteiger partial charge in [0.05, 0.1) is 10.2 Å². The fourth-order valence-electron chi connectivity index (χ4n) is 1.75. The molecule has 0 aliphatic rings. The van der Waals surface area contributed by atoms with Crippen LogP contribution in [0, 0.1) is 12.7 Å². The van der Waals surface area contributed by atoms with E-state index in [1.165, 1.54) is 17.8 Å². The van der Waals surface area contributed by atoms with Crippen LogP contribution in [0.2, 0.25) is 0 Å². The van der Waals surface area contributed by atoms with Gasteiger partial charge in [0.15, 0.2) is 4.34 Å². The minimum atomic E-state index is -0.272. The summed E-state index contributed by atoms with van der Waals surface area (Å²) >= 11 is 3.09. The van der Waals surface area contributed by atoms with E-state index < -0.39 is 0 Å². The van der Waals surface area contributed by atoms with Crippen molar-refractivity contribution in [2.24, 2.45) is 0 Å². The third-order valence-electron chi connectivity index (χ3n) is 2.76. The first-order valence-corrected chi connectivity index (χ1v) is 7.36. The summed E-state index contributed by atoms with van der Waals surface area (Å²) in [7, 11) is 0. The zero-order chi connectivity index (χ0) is 13.4. The number of nitrogens with zero attached hydrogens (tertiary/aromatic N) is 1. The van der Waals surface area contributed by atoms with Crippen LogP contribution in [0.25, 0.3) is 10.2 Å². The number of anilines is 1. The van der Waals surface area contributed by atoms with E-state index in [0.717, 1.165) is 19.5 Å². The number of nitrogen functional groups attached to an aromatic ring is 1. The van der Waals surface area contributed by atoms with Crippen LogP contribution in [0.1, 0.15) is 5.56 Å². The normalized spacial score (nSPS) is 11.1. The van der Waals surface area contributed by atoms with Gasteiger partial charge in [-0.05, 0) is 36.8 Å². The van der Waals surface area contributed by atoms with Gasteiger partial charge < -0.3 is 5.73 Å². The minimum absolute atomic E-state index is 0.272. The molecule has 2 aromatic carbocycles. The summed E-state index contributed by atoms with van der Waals surface area (Å²) in [6, 6.07) is 11.1. The Balaban J connectivity index is 1.98. The molecule has 0 saturated heterocycles. The Morgan fingerprint density at radius 1 is 1.26 bits per heavy atom. The van der Waals surface area contributed by atoms with Crippen LogP contribution < -0.4 is 5.73 Å². The van der Waals surface area contributed by atoms with Crippen molar-refractivity contribution in [1.82, 2.24) is 4.98 Å². The summed E-state index contributed by atoms with van der Waals surface area (Å²) in [5, 5.41) is 0. The average Bonchev–Trinajstić information content (AvgIpc) is 2.78. The van der Waals surface area contributed by atoms with Gasteiger partial charge in [0.1, 0.15) is 5.82 Å². The van der Waals surface area contributed by atoms with Gasteiger partial charge in [-0.1, -0.05) is 23.9 Å². The lowest BCUT2D eigenvalue weighted by atomic mass is 10.2. The largest absolute Gasteiger partial charge is 0.398 e. The molecular weight excluding hydrogens is 279 g/mol. The van der Waals surface area contributed by atoms with E-state index in [1.807, 2.05) is 24.3 Å². The molecule has 2 N–H and O–H groups in total. The van der Waals surface area contributed by atoms with Gasteiger partial charge in [-0.15, -0.1) is 11.3 Å². The van der Waals surface area contributed by atoms with Gasteiger partial charge >= 0.3 is 0 Å². The number of halogens is 1. The van der Waals surface area contributed by atoms with Crippen molar-refractivity contribution in [1.29, 1.82) is 0 Å². The molecule has 3 aromatic rings. The first-order valence-electron chi connectivity index (χ1n) is 5.72. The van der Waals surface area contributed by atoms with Crippen LogP contribution in [-0.4, -0.2) is 4.98 Å². The van der Waals surface area contributed by atoms with Crippen LogP contribution in [-0.2, 0) is 0 Å². The van der Waals surface area contributed by atoms with Crippen molar-refractivity contribution >= 4 is 39.0 Å². The fourth-order valence-corrected chi connectivity index (χ4v) is 3.89. The molecule has 0 aliphatic carbocycles. The maximum Gasteiger partial charge on any atom is 0.155 e. The van der Waals surface area contributed by atoms with Gasteiger partial charge in [0.25, 0.3) is 0 Å². The van der Waals surface area contributed by atoms with E-state index in [0.29, 0.717) is 11.3 Å². The molecule has 0 fully saturated rings. The predicted molar refractivity (Wildman–Crippen MR) is 79.3 cm³/mol. The zero-order valence-electron chi connectivity index (χ0n) is 10.2. The highest BCUT2D eigenvalue weighted by molar-refractivity contribution is 8.01. The van der Waals surface area contributed by atoms with Crippen LogP contribution in [0.4, 0.5) is 10.1 Å². The number of thiazole rings is 1. The number of aromatic nitrogens is 1. The summed E-state index contributed by atoms with van der Waals surface area (Å²) < 4.78 is 15.4. The highest BCUT2D eigenvalue weighted by Gasteiger charge is 2.10. The molecule has 1 heterocycles. The quantitative estimate of drug-likeness (QED) is 0.707. The molecule has 0 aliphatic heterocycles. The van der Waals surface area contributed by atoms with Crippen LogP contribution >= 0.6 is 23.1 Å². The Morgan fingerprint density at radius 3 is 2.84 bits per heavy atom. The molecule has 2 nitrogen and oxygen atoms in total. The van der Waals surface area contributed by atoms with E-state index in [2.05, 4.69) is 4.98 Å². The van der Waals surface area contributed by atoms with Crippen LogP contribution in [0.15, 0.2) is 45.6 Å². The Hall–Kier alpha value is -1.59. The predicted octanol–water partition coefficient (Wildman–Crippen LogP) is 4.48. The Labute approximate surface area is 118 Å². The van der Waals surface area contributed by atoms with Gasteiger partial charge in [0.2, 0.25) is 0 Å². The first kappa shape index (κ1) is 12.4. The van der Waals surface area contributed by atoms with Crippen molar-refractivity contribution in [3.05, 3.63) is 47.8 Å². The smallest absolute Gasteiger partial charge is 0.155 e. The molecule has 0 bridgehead atoms. The Bertz CT molecular complexity index is 719. The van der Waals surface area contributed by atoms with Crippen LogP contribution in [0.3, 0.4) is 0 Å². The van der Waals surface area contributed by atoms with Crippen molar-refractivity contribution < 1.29 is 4.39 Å². The second kappa shape index (κ2) is 4.83. The summed E-state index contributed by atoms with van der Waals surface area (Å²) in [5.41, 5.74) is 7.87. The maximum atomic E-state index is 13.4. The molecule has 3 rings (SSSR count). The number of hydrogen-bond acceptors (Lipinski definition) is 4. The van der Waals surface area contributed by atoms with Gasteiger partial charge in [-0.3, -0.25) is 0 Å². The Kier molecular flexibility index (Phi) is 3.16. The fraction of sp³-hybridized carbons (Fsp3) is 0.0714. The Morgan fingerprint density at radius 2 is 2.05 bits per heavy atom. The SMILES string of the molecule is Cc1cc(Sc2nc3ccccc3s2)c(N)cc1F. The van der Waals surface area contributed by atoms with E-state index >= 15 is 0 Å². The average molecular weight is 290 g/mol. The molecule has 0 radical (unpaired) electrons. The van der Waals surface area contributed by atoms with Crippen LogP contribution in [0.5, 0.6) is 0 Å². The number of rotatable bonds is 2. The molecular formula is C14H11FN2S2. The van der Waals surface area contributed by atoms with Crippen molar-refractivity contribution in [3.8, 4) is 0 Å². The number of fused-ring (bicyclic) bond motifs is 1. The monoisotopic (exact) mass is 290 g/mol. The second-order valence-corrected chi connectivity index (χ2v) is 6.51. The third kappa shape index (κ3) is 2.43. The molecule has 1 aromatic heterocycles. The number of nitrogens with two attached hydrogens (primary N) is 1. The van der Waals surface area contributed by atoms with Crippen molar-refractivity contribution in [3.63, 3.8) is 0 Å². The lowest BCUT2D eigenvalue weighted by molar-refractivity contribution is 0.618. The zero-order valence-corrected chi connectivity index (χ0v) is 11.8. The highest BCUT2D eigenvalue weighted by Crippen LogP contribution is 2.37. The molecule has 0 unspecified atom stereocenters. The molecule has 0 spiro atoms. The maximum absolute atomic E-state index is 13.4. The molecule has 0 atom stereocenters. The lowest BCUT2D eigenvalue weighted by Crippen LogP contribution is -1.92. The number of aryl methyl sites for hydroxylation is 1. The van der Waals surface area contributed by atoms with Gasteiger partial charge in [-0.2, -0.15) is 0 Å². The van der Waals surface area contributed by atoms with E-state index in [4.69, 9.17) is 5.73 Å². The number of hydrogen-bond donors (Lipinski definition) is 1. The first-order chi connectivity index (χ1) is 9.13. The minimum Gasteiger partial charge on any atom is -0.398 e. The second-order valence-electron chi connectivity index (χ2n) is 4.19. The molecule has 96 valence electrons.